The predicted octanol–water partition coefficient (Wildman–Crippen LogP) is 1.87. The topological polar surface area (TPSA) is 70.7 Å². The molecule has 0 saturated carbocycles. The molecule has 1 aromatic carbocycles. The number of amides is 2. The maximum absolute atomic E-state index is 13.8. The summed E-state index contributed by atoms with van der Waals surface area (Å²) in [5.74, 6) is 0.260. The Morgan fingerprint density at radius 2 is 2.18 bits per heavy atom. The summed E-state index contributed by atoms with van der Waals surface area (Å²) in [6.45, 7) is 2.95. The number of aryl methyl sites for hydroxylation is 1. The van der Waals surface area contributed by atoms with Gasteiger partial charge in [0.25, 0.3) is 0 Å². The molecule has 6 nitrogen and oxygen atoms in total. The van der Waals surface area contributed by atoms with Crippen LogP contribution < -0.4 is 15.4 Å². The van der Waals surface area contributed by atoms with Gasteiger partial charge in [0.1, 0.15) is 0 Å². The molecule has 0 radical (unpaired) electrons. The molecule has 2 fully saturated rings. The highest BCUT2D eigenvalue weighted by molar-refractivity contribution is 5.82. The highest BCUT2D eigenvalue weighted by Crippen LogP contribution is 2.20. The van der Waals surface area contributed by atoms with Crippen LogP contribution in [-0.2, 0) is 16.0 Å². The smallest absolute Gasteiger partial charge is 0.237 e. The molecule has 7 heteroatoms. The van der Waals surface area contributed by atoms with Crippen molar-refractivity contribution < 1.29 is 18.7 Å². The average molecular weight is 391 g/mol. The number of methoxy groups -OCH3 is 1. The summed E-state index contributed by atoms with van der Waals surface area (Å²) < 4.78 is 18.7. The lowest BCUT2D eigenvalue weighted by molar-refractivity contribution is -0.132. The van der Waals surface area contributed by atoms with Crippen LogP contribution >= 0.6 is 0 Å². The second-order valence-corrected chi connectivity index (χ2v) is 7.71. The van der Waals surface area contributed by atoms with Gasteiger partial charge < -0.3 is 20.3 Å². The Morgan fingerprint density at radius 1 is 1.32 bits per heavy atom. The molecular weight excluding hydrogens is 361 g/mol. The van der Waals surface area contributed by atoms with Crippen LogP contribution in [0.5, 0.6) is 5.75 Å². The normalized spacial score (nSPS) is 22.1. The highest BCUT2D eigenvalue weighted by atomic mass is 19.1. The number of likely N-dealkylation sites (tertiary alicyclic amines) is 1. The molecule has 1 aromatic rings. The SMILES string of the molecule is COc1ccc(CCC(=O)N2CCCC(CNC(=O)C3CCCN3)C2)cc1F. The molecule has 0 aromatic heterocycles. The Labute approximate surface area is 165 Å². The van der Waals surface area contributed by atoms with Gasteiger partial charge in [-0.15, -0.1) is 0 Å². The van der Waals surface area contributed by atoms with Gasteiger partial charge in [-0.05, 0) is 62.3 Å². The largest absolute Gasteiger partial charge is 0.494 e. The van der Waals surface area contributed by atoms with Crippen molar-refractivity contribution in [3.05, 3.63) is 29.6 Å². The van der Waals surface area contributed by atoms with Gasteiger partial charge in [-0.1, -0.05) is 6.07 Å². The maximum Gasteiger partial charge on any atom is 0.237 e. The number of carbonyl (C=O) groups is 2. The highest BCUT2D eigenvalue weighted by Gasteiger charge is 2.26. The summed E-state index contributed by atoms with van der Waals surface area (Å²) in [7, 11) is 1.43. The third-order valence-electron chi connectivity index (χ3n) is 5.66. The standard InChI is InChI=1S/C21H30FN3O3/c1-28-19-8-6-15(12-17(19)22)7-9-20(26)25-11-3-4-16(14-25)13-24-21(27)18-5-2-10-23-18/h6,8,12,16,18,23H,2-5,7,9-11,13-14H2,1H3,(H,24,27). The number of halogens is 1. The number of nitrogens with one attached hydrogen (secondary N) is 2. The van der Waals surface area contributed by atoms with E-state index in [1.54, 1.807) is 12.1 Å². The van der Waals surface area contributed by atoms with E-state index in [2.05, 4.69) is 10.6 Å². The van der Waals surface area contributed by atoms with Crippen molar-refractivity contribution in [1.29, 1.82) is 0 Å². The van der Waals surface area contributed by atoms with Gasteiger partial charge in [-0.3, -0.25) is 9.59 Å². The van der Waals surface area contributed by atoms with Crippen molar-refractivity contribution in [3.8, 4) is 5.75 Å². The molecule has 2 amide bonds. The third kappa shape index (κ3) is 5.44. The first-order chi connectivity index (χ1) is 13.6. The fraction of sp³-hybridized carbons (Fsp3) is 0.619. The molecule has 2 aliphatic heterocycles. The molecule has 2 saturated heterocycles. The molecule has 154 valence electrons. The van der Waals surface area contributed by atoms with E-state index >= 15 is 0 Å². The molecule has 28 heavy (non-hydrogen) atoms. The third-order valence-corrected chi connectivity index (χ3v) is 5.66. The van der Waals surface area contributed by atoms with Gasteiger partial charge in [0, 0.05) is 26.1 Å². The van der Waals surface area contributed by atoms with Gasteiger partial charge >= 0.3 is 0 Å². The first-order valence-corrected chi connectivity index (χ1v) is 10.2. The van der Waals surface area contributed by atoms with Crippen molar-refractivity contribution in [2.45, 2.75) is 44.6 Å². The number of benzene rings is 1. The van der Waals surface area contributed by atoms with Crippen LogP contribution in [0.4, 0.5) is 4.39 Å². The van der Waals surface area contributed by atoms with E-state index in [9.17, 15) is 14.0 Å². The molecule has 3 rings (SSSR count). The summed E-state index contributed by atoms with van der Waals surface area (Å²) in [5, 5.41) is 6.24. The zero-order valence-corrected chi connectivity index (χ0v) is 16.5. The van der Waals surface area contributed by atoms with Crippen LogP contribution in [0.25, 0.3) is 0 Å². The van der Waals surface area contributed by atoms with Crippen molar-refractivity contribution >= 4 is 11.8 Å². The summed E-state index contributed by atoms with van der Waals surface area (Å²) in [5.41, 5.74) is 0.788. The van der Waals surface area contributed by atoms with Crippen LogP contribution in [0.3, 0.4) is 0 Å². The summed E-state index contributed by atoms with van der Waals surface area (Å²) in [4.78, 5) is 26.6. The molecule has 0 aliphatic carbocycles. The van der Waals surface area contributed by atoms with Gasteiger partial charge in [-0.2, -0.15) is 0 Å². The number of nitrogens with zero attached hydrogens (tertiary/aromatic N) is 1. The number of piperidine rings is 1. The van der Waals surface area contributed by atoms with E-state index in [0.717, 1.165) is 44.3 Å². The Bertz CT molecular complexity index is 691. The molecular formula is C21H30FN3O3. The molecule has 0 spiro atoms. The lowest BCUT2D eigenvalue weighted by atomic mass is 9.97. The molecule has 2 N–H and O–H groups in total. The zero-order valence-electron chi connectivity index (χ0n) is 16.5. The second-order valence-electron chi connectivity index (χ2n) is 7.71. The molecule has 2 unspecified atom stereocenters. The van der Waals surface area contributed by atoms with Gasteiger partial charge in [0.2, 0.25) is 11.8 Å². The van der Waals surface area contributed by atoms with Gasteiger partial charge in [0.05, 0.1) is 13.2 Å². The van der Waals surface area contributed by atoms with E-state index in [-0.39, 0.29) is 23.6 Å². The van der Waals surface area contributed by atoms with E-state index < -0.39 is 5.82 Å². The van der Waals surface area contributed by atoms with Crippen LogP contribution in [0, 0.1) is 11.7 Å². The Hall–Kier alpha value is -2.15. The minimum Gasteiger partial charge on any atom is -0.494 e. The number of rotatable bonds is 7. The minimum absolute atomic E-state index is 0.0637. The van der Waals surface area contributed by atoms with Crippen molar-refractivity contribution in [1.82, 2.24) is 15.5 Å². The Balaban J connectivity index is 1.43. The fourth-order valence-corrected chi connectivity index (χ4v) is 4.01. The van der Waals surface area contributed by atoms with Crippen LogP contribution in [0.2, 0.25) is 0 Å². The number of hydrogen-bond donors (Lipinski definition) is 2. The van der Waals surface area contributed by atoms with Crippen molar-refractivity contribution in [2.24, 2.45) is 5.92 Å². The number of carbonyl (C=O) groups excluding carboxylic acids is 2. The van der Waals surface area contributed by atoms with E-state index in [1.807, 2.05) is 4.90 Å². The zero-order chi connectivity index (χ0) is 19.9. The summed E-state index contributed by atoms with van der Waals surface area (Å²) in [6, 6.07) is 4.75. The second kappa shape index (κ2) is 9.87. The fourth-order valence-electron chi connectivity index (χ4n) is 4.01. The van der Waals surface area contributed by atoms with E-state index in [1.165, 1.54) is 13.2 Å². The van der Waals surface area contributed by atoms with Crippen molar-refractivity contribution in [2.75, 3.05) is 33.3 Å². The first kappa shape index (κ1) is 20.6. The molecule has 2 atom stereocenters. The maximum atomic E-state index is 13.8. The average Bonchev–Trinajstić information content (AvgIpc) is 3.25. The molecule has 0 bridgehead atoms. The Morgan fingerprint density at radius 3 is 2.89 bits per heavy atom. The van der Waals surface area contributed by atoms with Gasteiger partial charge in [0.15, 0.2) is 11.6 Å². The Kier molecular flexibility index (Phi) is 7.25. The van der Waals surface area contributed by atoms with Crippen LogP contribution in [-0.4, -0.2) is 56.0 Å². The quantitative estimate of drug-likeness (QED) is 0.745. The van der Waals surface area contributed by atoms with Crippen LogP contribution in [0.15, 0.2) is 18.2 Å². The van der Waals surface area contributed by atoms with E-state index in [4.69, 9.17) is 4.74 Å². The lowest BCUT2D eigenvalue weighted by Gasteiger charge is -2.33. The lowest BCUT2D eigenvalue weighted by Crippen LogP contribution is -2.46. The monoisotopic (exact) mass is 391 g/mol. The summed E-state index contributed by atoms with van der Waals surface area (Å²) in [6.07, 6.45) is 4.77. The summed E-state index contributed by atoms with van der Waals surface area (Å²) >= 11 is 0. The predicted molar refractivity (Wildman–Crippen MR) is 105 cm³/mol. The first-order valence-electron chi connectivity index (χ1n) is 10.2. The minimum atomic E-state index is -0.405. The van der Waals surface area contributed by atoms with E-state index in [0.29, 0.717) is 31.8 Å². The number of ether oxygens (including phenoxy) is 1. The van der Waals surface area contributed by atoms with Crippen molar-refractivity contribution in [3.63, 3.8) is 0 Å². The number of hydrogen-bond acceptors (Lipinski definition) is 4. The van der Waals surface area contributed by atoms with Gasteiger partial charge in [-0.25, -0.2) is 4.39 Å². The molecule has 2 heterocycles. The molecule has 2 aliphatic rings. The van der Waals surface area contributed by atoms with Crippen LogP contribution in [0.1, 0.15) is 37.7 Å².